The van der Waals surface area contributed by atoms with Crippen molar-refractivity contribution < 1.29 is 52.4 Å². The van der Waals surface area contributed by atoms with E-state index in [1.165, 1.54) is 21.0 Å². The Hall–Kier alpha value is -3.94. The van der Waals surface area contributed by atoms with E-state index in [0.29, 0.717) is 12.0 Å². The summed E-state index contributed by atoms with van der Waals surface area (Å²) in [5.41, 5.74) is 2.26. The van der Waals surface area contributed by atoms with Crippen molar-refractivity contribution in [3.8, 4) is 11.1 Å². The van der Waals surface area contributed by atoms with E-state index < -0.39 is 60.0 Å². The molecule has 1 aliphatic heterocycles. The van der Waals surface area contributed by atoms with Crippen LogP contribution in [0.3, 0.4) is 0 Å². The predicted octanol–water partition coefficient (Wildman–Crippen LogP) is 4.09. The van der Waals surface area contributed by atoms with E-state index in [2.05, 4.69) is 5.32 Å². The van der Waals surface area contributed by atoms with Gasteiger partial charge in [-0.1, -0.05) is 49.4 Å². The van der Waals surface area contributed by atoms with Crippen molar-refractivity contribution in [2.75, 3.05) is 31.8 Å². The third-order valence-corrected chi connectivity index (χ3v) is 8.19. The number of esters is 4. The summed E-state index contributed by atoms with van der Waals surface area (Å²) in [6.07, 6.45) is -4.35. The molecule has 1 heterocycles. The van der Waals surface area contributed by atoms with Crippen LogP contribution < -0.4 is 5.32 Å². The average molecular weight is 674 g/mol. The third-order valence-electron chi connectivity index (χ3n) is 7.20. The molecule has 0 spiro atoms. The molecule has 1 N–H and O–H groups in total. The molecule has 5 atom stereocenters. The van der Waals surface area contributed by atoms with Gasteiger partial charge in [-0.25, -0.2) is 4.79 Å². The van der Waals surface area contributed by atoms with Crippen molar-refractivity contribution in [2.45, 2.75) is 77.2 Å². The van der Waals surface area contributed by atoms with Gasteiger partial charge >= 0.3 is 23.9 Å². The highest BCUT2D eigenvalue weighted by molar-refractivity contribution is 7.99. The zero-order valence-electron chi connectivity index (χ0n) is 27.4. The molecule has 3 rings (SSSR count). The second-order valence-electron chi connectivity index (χ2n) is 10.8. The monoisotopic (exact) mass is 673 g/mol. The maximum Gasteiger partial charge on any atom is 0.366 e. The molecule has 2 aromatic carbocycles. The van der Waals surface area contributed by atoms with Crippen LogP contribution >= 0.6 is 11.8 Å². The molecule has 0 aliphatic carbocycles. The van der Waals surface area contributed by atoms with Crippen LogP contribution in [0.2, 0.25) is 0 Å². The normalized spacial score (nSPS) is 20.3. The smallest absolute Gasteiger partial charge is 0.366 e. The molecule has 256 valence electrons. The number of amides is 1. The number of ether oxygens (including phenoxy) is 6. The summed E-state index contributed by atoms with van der Waals surface area (Å²) in [5.74, 6) is -3.75. The van der Waals surface area contributed by atoms with Crippen LogP contribution in [-0.2, 0) is 47.6 Å². The quantitative estimate of drug-likeness (QED) is 0.155. The number of carbonyl (C=O) groups is 5. The van der Waals surface area contributed by atoms with Gasteiger partial charge in [0.15, 0.2) is 12.2 Å². The van der Waals surface area contributed by atoms with Crippen LogP contribution in [0.4, 0.5) is 0 Å². The van der Waals surface area contributed by atoms with Crippen LogP contribution in [-0.4, -0.2) is 91.8 Å². The van der Waals surface area contributed by atoms with Gasteiger partial charge in [0.05, 0.1) is 26.7 Å². The summed E-state index contributed by atoms with van der Waals surface area (Å²) in [6, 6.07) is 16.6. The molecule has 47 heavy (non-hydrogen) atoms. The highest BCUT2D eigenvalue weighted by atomic mass is 32.2. The minimum Gasteiger partial charge on any atom is -0.465 e. The average Bonchev–Trinajstić information content (AvgIpc) is 3.04. The molecule has 0 bridgehead atoms. The van der Waals surface area contributed by atoms with E-state index in [9.17, 15) is 24.0 Å². The first-order valence-corrected chi connectivity index (χ1v) is 16.6. The summed E-state index contributed by atoms with van der Waals surface area (Å²) in [7, 11) is 1.17. The molecule has 0 unspecified atom stereocenters. The van der Waals surface area contributed by atoms with Crippen LogP contribution in [0.15, 0.2) is 54.6 Å². The largest absolute Gasteiger partial charge is 0.465 e. The molecule has 1 fully saturated rings. The minimum absolute atomic E-state index is 0.0437. The fourth-order valence-electron chi connectivity index (χ4n) is 5.25. The summed E-state index contributed by atoms with van der Waals surface area (Å²) >= 11 is 1.70. The van der Waals surface area contributed by atoms with Gasteiger partial charge in [-0.2, -0.15) is 11.8 Å². The highest BCUT2D eigenvalue weighted by Gasteiger charge is 2.54. The Morgan fingerprint density at radius 2 is 1.60 bits per heavy atom. The van der Waals surface area contributed by atoms with E-state index in [1.807, 2.05) is 49.4 Å². The summed E-state index contributed by atoms with van der Waals surface area (Å²) in [5, 5.41) is 2.73. The lowest BCUT2D eigenvalue weighted by atomic mass is 9.92. The Labute approximate surface area is 279 Å². The standard InChI is InChI=1S/C34H43NO11S/c1-6-47-18-10-17-42-34(33(40)41-5)20-28(43-22(2)36)19-29(46-34)31(45-24(4)38)30(44-23(3)37)21-35-32(39)27-15-13-26(14-16-27)25-11-8-7-9-12-25/h7-9,11-16,28-31H,6,10,17-21H2,1-5H3,(H,35,39)/t28-,29-,30-,31+,34-/m1/s1. The lowest BCUT2D eigenvalue weighted by molar-refractivity contribution is -0.307. The van der Waals surface area contributed by atoms with Gasteiger partial charge in [0.2, 0.25) is 0 Å². The summed E-state index contributed by atoms with van der Waals surface area (Å²) < 4.78 is 34.0. The number of methoxy groups -OCH3 is 1. The maximum atomic E-state index is 13.2. The fraction of sp³-hybridized carbons (Fsp3) is 0.500. The molecule has 1 aliphatic rings. The molecule has 2 aromatic rings. The van der Waals surface area contributed by atoms with E-state index in [4.69, 9.17) is 28.4 Å². The molecule has 0 aromatic heterocycles. The highest BCUT2D eigenvalue weighted by Crippen LogP contribution is 2.36. The van der Waals surface area contributed by atoms with Gasteiger partial charge < -0.3 is 33.7 Å². The molecular weight excluding hydrogens is 630 g/mol. The number of rotatable bonds is 16. The van der Waals surface area contributed by atoms with Crippen LogP contribution in [0.1, 0.15) is 57.3 Å². The summed E-state index contributed by atoms with van der Waals surface area (Å²) in [6.45, 7) is 5.41. The molecule has 1 saturated heterocycles. The van der Waals surface area contributed by atoms with Gasteiger partial charge in [-0.05, 0) is 41.2 Å². The van der Waals surface area contributed by atoms with E-state index >= 15 is 0 Å². The number of thioether (sulfide) groups is 1. The Kier molecular flexibility index (Phi) is 14.7. The SMILES string of the molecule is CCSCCCO[C@]1(C(=O)OC)C[C@H](OC(C)=O)C[C@H]([C@H](OC(C)=O)[C@@H](CNC(=O)c2ccc(-c3ccccc3)cc2)OC(C)=O)O1. The Balaban J connectivity index is 1.88. The van der Waals surface area contributed by atoms with Gasteiger partial charge in [0.25, 0.3) is 11.7 Å². The molecule has 0 radical (unpaired) electrons. The van der Waals surface area contributed by atoms with E-state index in [0.717, 1.165) is 29.6 Å². The number of hydrogen-bond donors (Lipinski definition) is 1. The Bertz CT molecular complexity index is 1350. The van der Waals surface area contributed by atoms with Gasteiger partial charge in [-0.15, -0.1) is 0 Å². The molecular formula is C34H43NO11S. The first kappa shape index (κ1) is 37.5. The van der Waals surface area contributed by atoms with Gasteiger partial charge in [0, 0.05) is 32.8 Å². The maximum absolute atomic E-state index is 13.2. The zero-order valence-corrected chi connectivity index (χ0v) is 28.2. The number of nitrogens with one attached hydrogen (secondary N) is 1. The van der Waals surface area contributed by atoms with Crippen LogP contribution in [0.25, 0.3) is 11.1 Å². The summed E-state index contributed by atoms with van der Waals surface area (Å²) in [4.78, 5) is 63.0. The lowest BCUT2D eigenvalue weighted by Crippen LogP contribution is -2.60. The fourth-order valence-corrected chi connectivity index (χ4v) is 5.86. The minimum atomic E-state index is -2.02. The van der Waals surface area contributed by atoms with Crippen molar-refractivity contribution in [1.29, 1.82) is 0 Å². The second-order valence-corrected chi connectivity index (χ2v) is 12.2. The molecule has 12 nitrogen and oxygen atoms in total. The van der Waals surface area contributed by atoms with Crippen molar-refractivity contribution in [1.82, 2.24) is 5.32 Å². The number of hydrogen-bond acceptors (Lipinski definition) is 12. The van der Waals surface area contributed by atoms with Crippen molar-refractivity contribution in [3.05, 3.63) is 60.2 Å². The van der Waals surface area contributed by atoms with E-state index in [1.54, 1.807) is 23.9 Å². The first-order valence-electron chi connectivity index (χ1n) is 15.4. The Morgan fingerprint density at radius 1 is 0.936 bits per heavy atom. The van der Waals surface area contributed by atoms with Gasteiger partial charge in [-0.3, -0.25) is 19.2 Å². The van der Waals surface area contributed by atoms with Crippen molar-refractivity contribution in [3.63, 3.8) is 0 Å². The first-order chi connectivity index (χ1) is 22.5. The predicted molar refractivity (Wildman–Crippen MR) is 173 cm³/mol. The third kappa shape index (κ3) is 11.4. The van der Waals surface area contributed by atoms with Gasteiger partial charge in [0.1, 0.15) is 12.2 Å². The molecule has 0 saturated carbocycles. The van der Waals surface area contributed by atoms with Crippen LogP contribution in [0.5, 0.6) is 0 Å². The van der Waals surface area contributed by atoms with Crippen LogP contribution in [0, 0.1) is 0 Å². The van der Waals surface area contributed by atoms with E-state index in [-0.39, 0.29) is 26.0 Å². The topological polar surface area (TPSA) is 153 Å². The molecule has 1 amide bonds. The van der Waals surface area contributed by atoms with Crippen molar-refractivity contribution in [2.24, 2.45) is 0 Å². The molecule has 13 heteroatoms. The second kappa shape index (κ2) is 18.4. The number of benzene rings is 2. The number of carbonyl (C=O) groups excluding carboxylic acids is 5. The lowest BCUT2D eigenvalue weighted by Gasteiger charge is -2.44. The Morgan fingerprint density at radius 3 is 2.19 bits per heavy atom. The zero-order chi connectivity index (χ0) is 34.4. The van der Waals surface area contributed by atoms with Crippen molar-refractivity contribution >= 4 is 41.5 Å².